The molecule has 1 fully saturated rings. The summed E-state index contributed by atoms with van der Waals surface area (Å²) in [6.45, 7) is 6.84. The molecular weight excluding hydrogens is 392 g/mol. The Morgan fingerprint density at radius 2 is 1.76 bits per heavy atom. The van der Waals surface area contributed by atoms with E-state index < -0.39 is 11.9 Å². The smallest absolute Gasteiger partial charge is 0.414 e. The fraction of sp³-hybridized carbons (Fsp3) is 0.529. The molecule has 140 valence electrons. The minimum Gasteiger partial charge on any atom is -0.494 e. The third kappa shape index (κ3) is 10.1. The molecule has 1 aromatic rings. The van der Waals surface area contributed by atoms with Crippen LogP contribution in [0, 0.1) is 0 Å². The molecule has 0 aliphatic carbocycles. The number of ether oxygens (including phenoxy) is 1. The normalized spacial score (nSPS) is 15.1. The average molecular weight is 417 g/mol. The van der Waals surface area contributed by atoms with E-state index in [-0.39, 0.29) is 0 Å². The predicted octanol–water partition coefficient (Wildman–Crippen LogP) is 2.01. The van der Waals surface area contributed by atoms with Gasteiger partial charge in [0.2, 0.25) is 0 Å². The summed E-state index contributed by atoms with van der Waals surface area (Å²) in [5, 5.41) is 14.8. The van der Waals surface area contributed by atoms with Crippen LogP contribution in [0.2, 0.25) is 0 Å². The van der Waals surface area contributed by atoms with Crippen LogP contribution in [-0.2, 0) is 9.59 Å². The molecule has 1 aromatic carbocycles. The highest BCUT2D eigenvalue weighted by molar-refractivity contribution is 9.10. The van der Waals surface area contributed by atoms with Gasteiger partial charge in [0.15, 0.2) is 0 Å². The van der Waals surface area contributed by atoms with Gasteiger partial charge in [0, 0.05) is 30.7 Å². The van der Waals surface area contributed by atoms with E-state index in [0.717, 1.165) is 23.2 Å². The third-order valence-corrected chi connectivity index (χ3v) is 4.21. The number of carbonyl (C=O) groups is 2. The Kier molecular flexibility index (Phi) is 10.1. The van der Waals surface area contributed by atoms with Crippen molar-refractivity contribution in [3.05, 3.63) is 28.7 Å². The van der Waals surface area contributed by atoms with Crippen LogP contribution in [0.5, 0.6) is 5.75 Å². The first kappa shape index (κ1) is 21.4. The Labute approximate surface area is 156 Å². The highest BCUT2D eigenvalue weighted by Crippen LogP contribution is 2.17. The summed E-state index contributed by atoms with van der Waals surface area (Å²) in [4.78, 5) is 23.1. The molecule has 8 heteroatoms. The molecule has 25 heavy (non-hydrogen) atoms. The number of hydrogen-bond donors (Lipinski definition) is 2. The fourth-order valence-electron chi connectivity index (χ4n) is 2.26. The zero-order valence-electron chi connectivity index (χ0n) is 14.4. The van der Waals surface area contributed by atoms with Crippen LogP contribution in [0.15, 0.2) is 28.7 Å². The molecule has 0 atom stereocenters. The summed E-state index contributed by atoms with van der Waals surface area (Å²) in [5.41, 5.74) is 0. The van der Waals surface area contributed by atoms with Crippen molar-refractivity contribution in [2.24, 2.45) is 0 Å². The number of piperazine rings is 1. The quantitative estimate of drug-likeness (QED) is 0.541. The zero-order chi connectivity index (χ0) is 18.7. The molecule has 2 N–H and O–H groups in total. The van der Waals surface area contributed by atoms with Crippen LogP contribution < -0.4 is 4.74 Å². The Balaban J connectivity index is 0.000000450. The first-order chi connectivity index (χ1) is 11.9. The maximum atomic E-state index is 9.10. The molecule has 1 aliphatic rings. The van der Waals surface area contributed by atoms with E-state index in [2.05, 4.69) is 32.8 Å². The minimum absolute atomic E-state index is 0.810. The number of carboxylic acid groups (broad SMARTS) is 2. The van der Waals surface area contributed by atoms with Gasteiger partial charge in [0.1, 0.15) is 5.75 Å². The number of benzene rings is 1. The van der Waals surface area contributed by atoms with E-state index in [1.165, 1.54) is 39.1 Å². The molecule has 0 aromatic heterocycles. The van der Waals surface area contributed by atoms with Crippen molar-refractivity contribution in [3.63, 3.8) is 0 Å². The van der Waals surface area contributed by atoms with Gasteiger partial charge in [-0.1, -0.05) is 22.0 Å². The largest absolute Gasteiger partial charge is 0.494 e. The van der Waals surface area contributed by atoms with E-state index in [0.29, 0.717) is 0 Å². The first-order valence-corrected chi connectivity index (χ1v) is 8.93. The topological polar surface area (TPSA) is 90.3 Å². The van der Waals surface area contributed by atoms with Crippen molar-refractivity contribution in [1.29, 1.82) is 0 Å². The van der Waals surface area contributed by atoms with Crippen molar-refractivity contribution in [2.75, 3.05) is 46.4 Å². The standard InChI is InChI=1S/C15H23BrN2O.C2H2O4/c1-17-8-10-18(11-9-17)7-2-3-12-19-15-6-4-5-14(16)13-15;3-1(4)2(5)6/h4-6,13H,2-3,7-12H2,1H3;(H,3,4)(H,5,6). The van der Waals surface area contributed by atoms with E-state index in [9.17, 15) is 0 Å². The van der Waals surface area contributed by atoms with Crippen molar-refractivity contribution in [1.82, 2.24) is 9.80 Å². The number of aliphatic carboxylic acids is 2. The summed E-state index contributed by atoms with van der Waals surface area (Å²) in [7, 11) is 2.20. The Morgan fingerprint density at radius 3 is 2.32 bits per heavy atom. The van der Waals surface area contributed by atoms with E-state index in [1.54, 1.807) is 0 Å². The second kappa shape index (κ2) is 11.8. The number of rotatable bonds is 6. The van der Waals surface area contributed by atoms with Crippen LogP contribution in [-0.4, -0.2) is 78.3 Å². The first-order valence-electron chi connectivity index (χ1n) is 8.14. The van der Waals surface area contributed by atoms with E-state index in [4.69, 9.17) is 24.5 Å². The summed E-state index contributed by atoms with van der Waals surface area (Å²) < 4.78 is 6.81. The van der Waals surface area contributed by atoms with Gasteiger partial charge >= 0.3 is 11.9 Å². The van der Waals surface area contributed by atoms with Gasteiger partial charge in [0.25, 0.3) is 0 Å². The molecule has 0 bridgehead atoms. The Bertz CT molecular complexity index is 536. The molecule has 1 heterocycles. The lowest BCUT2D eigenvalue weighted by Crippen LogP contribution is -2.44. The number of unbranched alkanes of at least 4 members (excludes halogenated alkanes) is 1. The van der Waals surface area contributed by atoms with Gasteiger partial charge in [0.05, 0.1) is 6.61 Å². The molecule has 7 nitrogen and oxygen atoms in total. The summed E-state index contributed by atoms with van der Waals surface area (Å²) in [6, 6.07) is 8.04. The number of likely N-dealkylation sites (N-methyl/N-ethyl adjacent to an activating group) is 1. The van der Waals surface area contributed by atoms with Crippen molar-refractivity contribution in [3.8, 4) is 5.75 Å². The minimum atomic E-state index is -1.82. The lowest BCUT2D eigenvalue weighted by atomic mass is 10.2. The number of carboxylic acids is 2. The van der Waals surface area contributed by atoms with Gasteiger partial charge in [-0.05, 0) is 44.6 Å². The molecule has 0 radical (unpaired) electrons. The zero-order valence-corrected chi connectivity index (χ0v) is 15.9. The van der Waals surface area contributed by atoms with Crippen LogP contribution in [0.3, 0.4) is 0 Å². The van der Waals surface area contributed by atoms with Gasteiger partial charge < -0.3 is 24.7 Å². The van der Waals surface area contributed by atoms with Crippen molar-refractivity contribution >= 4 is 27.9 Å². The monoisotopic (exact) mass is 416 g/mol. The summed E-state index contributed by atoms with van der Waals surface area (Å²) in [6.07, 6.45) is 2.34. The van der Waals surface area contributed by atoms with Crippen molar-refractivity contribution in [2.45, 2.75) is 12.8 Å². The van der Waals surface area contributed by atoms with Crippen LogP contribution in [0.25, 0.3) is 0 Å². The van der Waals surface area contributed by atoms with Gasteiger partial charge in [-0.2, -0.15) is 0 Å². The number of halogens is 1. The maximum Gasteiger partial charge on any atom is 0.414 e. The highest BCUT2D eigenvalue weighted by Gasteiger charge is 2.12. The molecule has 0 amide bonds. The number of hydrogen-bond acceptors (Lipinski definition) is 5. The van der Waals surface area contributed by atoms with Gasteiger partial charge in [-0.25, -0.2) is 9.59 Å². The molecule has 0 spiro atoms. The molecule has 1 saturated heterocycles. The second-order valence-corrected chi connectivity index (χ2v) is 6.68. The lowest BCUT2D eigenvalue weighted by Gasteiger charge is -2.32. The van der Waals surface area contributed by atoms with Crippen LogP contribution >= 0.6 is 15.9 Å². The fourth-order valence-corrected chi connectivity index (χ4v) is 2.63. The van der Waals surface area contributed by atoms with Crippen molar-refractivity contribution < 1.29 is 24.5 Å². The highest BCUT2D eigenvalue weighted by atomic mass is 79.9. The molecule has 0 unspecified atom stereocenters. The van der Waals surface area contributed by atoms with Crippen LogP contribution in [0.1, 0.15) is 12.8 Å². The van der Waals surface area contributed by atoms with E-state index in [1.807, 2.05) is 24.3 Å². The third-order valence-electron chi connectivity index (χ3n) is 3.71. The average Bonchev–Trinajstić information content (AvgIpc) is 2.57. The maximum absolute atomic E-state index is 9.10. The summed E-state index contributed by atoms with van der Waals surface area (Å²) in [5.74, 6) is -2.70. The van der Waals surface area contributed by atoms with Gasteiger partial charge in [-0.15, -0.1) is 0 Å². The SMILES string of the molecule is CN1CCN(CCCCOc2cccc(Br)c2)CC1.O=C(O)C(=O)O. The molecule has 2 rings (SSSR count). The Hall–Kier alpha value is -1.64. The van der Waals surface area contributed by atoms with Crippen LogP contribution in [0.4, 0.5) is 0 Å². The number of nitrogens with zero attached hydrogens (tertiary/aromatic N) is 2. The molecule has 1 aliphatic heterocycles. The molecule has 0 saturated carbocycles. The van der Waals surface area contributed by atoms with E-state index >= 15 is 0 Å². The Morgan fingerprint density at radius 1 is 1.12 bits per heavy atom. The predicted molar refractivity (Wildman–Crippen MR) is 98.1 cm³/mol. The molecular formula is C17H25BrN2O5. The van der Waals surface area contributed by atoms with Gasteiger partial charge in [-0.3, -0.25) is 0 Å². The second-order valence-electron chi connectivity index (χ2n) is 5.77. The lowest BCUT2D eigenvalue weighted by molar-refractivity contribution is -0.159. The summed E-state index contributed by atoms with van der Waals surface area (Å²) >= 11 is 3.45.